The van der Waals surface area contributed by atoms with Crippen LogP contribution in [0.25, 0.3) is 10.2 Å². The van der Waals surface area contributed by atoms with Gasteiger partial charge in [0.05, 0.1) is 33.0 Å². The van der Waals surface area contributed by atoms with Crippen LogP contribution in [0.2, 0.25) is 5.02 Å². The van der Waals surface area contributed by atoms with E-state index in [1.54, 1.807) is 30.5 Å². The number of thiazole rings is 1. The first-order valence-corrected chi connectivity index (χ1v) is 10.4. The van der Waals surface area contributed by atoms with E-state index < -0.39 is 17.6 Å². The number of fused-ring (bicyclic) bond motifs is 1. The summed E-state index contributed by atoms with van der Waals surface area (Å²) in [5.41, 5.74) is 1.50. The number of aromatic nitrogens is 2. The standard InChI is InChI=1S/C22H15ClF3N3OS/c1-13-5-10-17(23)19-18(13)28-21(31-19)29(12-16-4-2-3-11-27-16)20(30)14-6-8-15(9-7-14)22(24,25)26/h2-11H,12H2,1H3. The molecule has 2 aromatic heterocycles. The van der Waals surface area contributed by atoms with Gasteiger partial charge in [-0.1, -0.05) is 35.1 Å². The summed E-state index contributed by atoms with van der Waals surface area (Å²) >= 11 is 7.56. The minimum Gasteiger partial charge on any atom is -0.278 e. The monoisotopic (exact) mass is 461 g/mol. The van der Waals surface area contributed by atoms with E-state index in [-0.39, 0.29) is 12.1 Å². The van der Waals surface area contributed by atoms with Gasteiger partial charge in [-0.15, -0.1) is 0 Å². The van der Waals surface area contributed by atoms with Gasteiger partial charge in [0.1, 0.15) is 0 Å². The Morgan fingerprint density at radius 3 is 2.45 bits per heavy atom. The third-order valence-corrected chi connectivity index (χ3v) is 6.21. The Labute approximate surface area is 184 Å². The molecule has 0 unspecified atom stereocenters. The fourth-order valence-corrected chi connectivity index (χ4v) is 4.36. The first-order chi connectivity index (χ1) is 14.7. The van der Waals surface area contributed by atoms with E-state index in [4.69, 9.17) is 11.6 Å². The zero-order chi connectivity index (χ0) is 22.2. The lowest BCUT2D eigenvalue weighted by Crippen LogP contribution is -2.30. The van der Waals surface area contributed by atoms with Crippen LogP contribution in [0.3, 0.4) is 0 Å². The molecule has 9 heteroatoms. The Kier molecular flexibility index (Phi) is 5.68. The summed E-state index contributed by atoms with van der Waals surface area (Å²) in [6.45, 7) is 2.00. The van der Waals surface area contributed by atoms with E-state index in [1.165, 1.54) is 28.4 Å². The summed E-state index contributed by atoms with van der Waals surface area (Å²) in [5, 5.41) is 0.908. The van der Waals surface area contributed by atoms with Crippen LogP contribution < -0.4 is 4.90 Å². The lowest BCUT2D eigenvalue weighted by atomic mass is 10.1. The molecular weight excluding hydrogens is 447 g/mol. The normalized spacial score (nSPS) is 11.6. The van der Waals surface area contributed by atoms with Gasteiger partial charge in [0.15, 0.2) is 5.13 Å². The van der Waals surface area contributed by atoms with Crippen LogP contribution in [-0.2, 0) is 12.7 Å². The summed E-state index contributed by atoms with van der Waals surface area (Å²) in [7, 11) is 0. The van der Waals surface area contributed by atoms with Gasteiger partial charge in [-0.3, -0.25) is 14.7 Å². The number of hydrogen-bond donors (Lipinski definition) is 0. The Morgan fingerprint density at radius 2 is 1.84 bits per heavy atom. The molecule has 0 spiro atoms. The molecule has 0 N–H and O–H groups in total. The highest BCUT2D eigenvalue weighted by Gasteiger charge is 2.31. The number of amides is 1. The highest BCUT2D eigenvalue weighted by Crippen LogP contribution is 2.37. The van der Waals surface area contributed by atoms with Gasteiger partial charge in [0.2, 0.25) is 0 Å². The molecule has 2 aromatic carbocycles. The van der Waals surface area contributed by atoms with Crippen molar-refractivity contribution >= 4 is 44.2 Å². The van der Waals surface area contributed by atoms with Crippen molar-refractivity contribution in [3.8, 4) is 0 Å². The Morgan fingerprint density at radius 1 is 1.10 bits per heavy atom. The van der Waals surface area contributed by atoms with Gasteiger partial charge < -0.3 is 0 Å². The predicted octanol–water partition coefficient (Wildman–Crippen LogP) is 6.52. The molecule has 0 atom stereocenters. The topological polar surface area (TPSA) is 46.1 Å². The number of carbonyl (C=O) groups is 1. The first-order valence-electron chi connectivity index (χ1n) is 9.19. The molecular formula is C22H15ClF3N3OS. The van der Waals surface area contributed by atoms with E-state index >= 15 is 0 Å². The molecule has 31 heavy (non-hydrogen) atoms. The van der Waals surface area contributed by atoms with Crippen molar-refractivity contribution in [3.05, 3.63) is 88.2 Å². The third kappa shape index (κ3) is 4.40. The predicted molar refractivity (Wildman–Crippen MR) is 116 cm³/mol. The smallest absolute Gasteiger partial charge is 0.278 e. The lowest BCUT2D eigenvalue weighted by Gasteiger charge is -2.20. The highest BCUT2D eigenvalue weighted by atomic mass is 35.5. The number of halogens is 4. The summed E-state index contributed by atoms with van der Waals surface area (Å²) in [6.07, 6.45) is -2.87. The van der Waals surface area contributed by atoms with Crippen molar-refractivity contribution in [1.29, 1.82) is 0 Å². The molecule has 4 nitrogen and oxygen atoms in total. The summed E-state index contributed by atoms with van der Waals surface area (Å²) < 4.78 is 39.4. The molecule has 0 fully saturated rings. The zero-order valence-electron chi connectivity index (χ0n) is 16.2. The Balaban J connectivity index is 1.77. The van der Waals surface area contributed by atoms with Crippen molar-refractivity contribution in [1.82, 2.24) is 9.97 Å². The highest BCUT2D eigenvalue weighted by molar-refractivity contribution is 7.23. The molecule has 0 radical (unpaired) electrons. The average molecular weight is 462 g/mol. The molecule has 0 bridgehead atoms. The second-order valence-corrected chi connectivity index (χ2v) is 8.21. The molecule has 0 aliphatic carbocycles. The van der Waals surface area contributed by atoms with Gasteiger partial charge in [0, 0.05) is 11.8 Å². The number of hydrogen-bond acceptors (Lipinski definition) is 4. The van der Waals surface area contributed by atoms with Crippen molar-refractivity contribution < 1.29 is 18.0 Å². The number of benzene rings is 2. The summed E-state index contributed by atoms with van der Waals surface area (Å²) in [5.74, 6) is -0.479. The van der Waals surface area contributed by atoms with Crippen LogP contribution in [0, 0.1) is 6.92 Å². The van der Waals surface area contributed by atoms with Crippen LogP contribution in [0.1, 0.15) is 27.2 Å². The second-order valence-electron chi connectivity index (χ2n) is 6.83. The zero-order valence-corrected chi connectivity index (χ0v) is 17.7. The molecule has 0 saturated heterocycles. The van der Waals surface area contributed by atoms with Gasteiger partial charge in [0.25, 0.3) is 5.91 Å². The Hall–Kier alpha value is -2.97. The lowest BCUT2D eigenvalue weighted by molar-refractivity contribution is -0.137. The maximum atomic E-state index is 13.3. The van der Waals surface area contributed by atoms with E-state index in [1.807, 2.05) is 13.0 Å². The summed E-state index contributed by atoms with van der Waals surface area (Å²) in [4.78, 5) is 23.6. The molecule has 0 aliphatic rings. The van der Waals surface area contributed by atoms with Gasteiger partial charge in [-0.05, 0) is 55.0 Å². The van der Waals surface area contributed by atoms with Gasteiger partial charge in [-0.2, -0.15) is 13.2 Å². The SMILES string of the molecule is Cc1ccc(Cl)c2sc(N(Cc3ccccn3)C(=O)c3ccc(C(F)(F)F)cc3)nc12. The van der Waals surface area contributed by atoms with Crippen molar-refractivity contribution in [2.24, 2.45) is 0 Å². The van der Waals surface area contributed by atoms with Gasteiger partial charge in [-0.25, -0.2) is 4.98 Å². The van der Waals surface area contributed by atoms with E-state index in [0.29, 0.717) is 21.4 Å². The maximum absolute atomic E-state index is 13.3. The Bertz CT molecular complexity index is 1200. The van der Waals surface area contributed by atoms with E-state index in [0.717, 1.165) is 22.4 Å². The van der Waals surface area contributed by atoms with Crippen LogP contribution >= 0.6 is 22.9 Å². The van der Waals surface area contributed by atoms with Crippen LogP contribution in [0.15, 0.2) is 60.8 Å². The molecule has 4 aromatic rings. The number of carbonyl (C=O) groups excluding carboxylic acids is 1. The molecule has 0 aliphatic heterocycles. The number of pyridine rings is 1. The minimum absolute atomic E-state index is 0.108. The number of nitrogens with zero attached hydrogens (tertiary/aromatic N) is 3. The fraction of sp³-hybridized carbons (Fsp3) is 0.136. The molecule has 0 saturated carbocycles. The third-order valence-electron chi connectivity index (χ3n) is 4.67. The first kappa shape index (κ1) is 21.3. The number of aryl methyl sites for hydroxylation is 1. The van der Waals surface area contributed by atoms with Crippen LogP contribution in [-0.4, -0.2) is 15.9 Å². The quantitative estimate of drug-likeness (QED) is 0.347. The van der Waals surface area contributed by atoms with Crippen LogP contribution in [0.5, 0.6) is 0 Å². The van der Waals surface area contributed by atoms with Crippen LogP contribution in [0.4, 0.5) is 18.3 Å². The van der Waals surface area contributed by atoms with E-state index in [9.17, 15) is 18.0 Å². The average Bonchev–Trinajstić information content (AvgIpc) is 3.21. The number of rotatable bonds is 4. The molecule has 1 amide bonds. The number of anilines is 1. The second kappa shape index (κ2) is 8.28. The maximum Gasteiger partial charge on any atom is 0.416 e. The summed E-state index contributed by atoms with van der Waals surface area (Å²) in [6, 6.07) is 13.0. The molecule has 2 heterocycles. The van der Waals surface area contributed by atoms with Gasteiger partial charge >= 0.3 is 6.18 Å². The fourth-order valence-electron chi connectivity index (χ4n) is 3.04. The van der Waals surface area contributed by atoms with Crippen molar-refractivity contribution in [2.75, 3.05) is 4.90 Å². The minimum atomic E-state index is -4.48. The number of alkyl halides is 3. The molecule has 4 rings (SSSR count). The van der Waals surface area contributed by atoms with Crippen molar-refractivity contribution in [2.45, 2.75) is 19.6 Å². The molecule has 158 valence electrons. The largest absolute Gasteiger partial charge is 0.416 e. The van der Waals surface area contributed by atoms with Crippen molar-refractivity contribution in [3.63, 3.8) is 0 Å². The van der Waals surface area contributed by atoms with E-state index in [2.05, 4.69) is 9.97 Å².